The zero-order valence-corrected chi connectivity index (χ0v) is 13.8. The minimum Gasteiger partial charge on any atom is -0.497 e. The highest BCUT2D eigenvalue weighted by atomic mass is 16.6. The quantitative estimate of drug-likeness (QED) is 0.419. The van der Waals surface area contributed by atoms with E-state index in [1.54, 1.807) is 7.11 Å². The Morgan fingerprint density at radius 2 is 1.91 bits per heavy atom. The maximum Gasteiger partial charge on any atom is 0.334 e. The van der Waals surface area contributed by atoms with Crippen molar-refractivity contribution in [2.75, 3.05) is 7.11 Å². The Morgan fingerprint density at radius 3 is 2.55 bits per heavy atom. The van der Waals surface area contributed by atoms with Crippen LogP contribution in [0.25, 0.3) is 6.08 Å². The van der Waals surface area contributed by atoms with Gasteiger partial charge in [-0.15, -0.1) is 0 Å². The van der Waals surface area contributed by atoms with Crippen LogP contribution in [0.2, 0.25) is 0 Å². The van der Waals surface area contributed by atoms with Crippen LogP contribution < -0.4 is 4.74 Å². The van der Waals surface area contributed by atoms with Gasteiger partial charge in [0.05, 0.1) is 7.11 Å². The summed E-state index contributed by atoms with van der Waals surface area (Å²) < 4.78 is 10.7. The third-order valence-corrected chi connectivity index (χ3v) is 4.32. The second-order valence-electron chi connectivity index (χ2n) is 5.95. The molecule has 22 heavy (non-hydrogen) atoms. The monoisotopic (exact) mass is 302 g/mol. The number of carbonyl (C=O) groups is 1. The fourth-order valence-corrected chi connectivity index (χ4v) is 2.85. The van der Waals surface area contributed by atoms with Crippen LogP contribution in [0.3, 0.4) is 0 Å². The van der Waals surface area contributed by atoms with E-state index in [-0.39, 0.29) is 18.0 Å². The lowest BCUT2D eigenvalue weighted by atomic mass is 9.93. The lowest BCUT2D eigenvalue weighted by Gasteiger charge is -2.13. The minimum atomic E-state index is -0.163. The number of esters is 1. The zero-order valence-electron chi connectivity index (χ0n) is 13.8. The first-order chi connectivity index (χ1) is 10.7. The van der Waals surface area contributed by atoms with Crippen LogP contribution in [0.5, 0.6) is 5.75 Å². The second-order valence-corrected chi connectivity index (χ2v) is 5.95. The molecule has 1 aliphatic rings. The molecule has 1 aliphatic heterocycles. The number of hydrogen-bond donors (Lipinski definition) is 0. The molecule has 0 N–H and O–H groups in total. The molecule has 0 spiro atoms. The van der Waals surface area contributed by atoms with Gasteiger partial charge in [0.25, 0.3) is 0 Å². The molecule has 0 saturated carbocycles. The number of benzene rings is 1. The first kappa shape index (κ1) is 16.6. The highest BCUT2D eigenvalue weighted by Crippen LogP contribution is 2.32. The van der Waals surface area contributed by atoms with Crippen LogP contribution in [-0.2, 0) is 9.53 Å². The molecule has 0 aromatic heterocycles. The molecule has 0 amide bonds. The molecule has 1 heterocycles. The lowest BCUT2D eigenvalue weighted by Crippen LogP contribution is -2.13. The summed E-state index contributed by atoms with van der Waals surface area (Å²) in [4.78, 5) is 12.1. The van der Waals surface area contributed by atoms with Gasteiger partial charge in [-0.3, -0.25) is 0 Å². The Kier molecular flexibility index (Phi) is 6.05. The highest BCUT2D eigenvalue weighted by molar-refractivity contribution is 5.96. The molecule has 1 aromatic rings. The molecule has 0 aliphatic carbocycles. The lowest BCUT2D eigenvalue weighted by molar-refractivity contribution is -0.139. The Bertz CT molecular complexity index is 516. The topological polar surface area (TPSA) is 35.5 Å². The smallest absolute Gasteiger partial charge is 0.334 e. The molecule has 2 rings (SSSR count). The molecule has 1 aromatic carbocycles. The van der Waals surface area contributed by atoms with Crippen molar-refractivity contribution in [3.05, 3.63) is 35.4 Å². The van der Waals surface area contributed by atoms with Gasteiger partial charge in [0.1, 0.15) is 11.9 Å². The Labute approximate surface area is 133 Å². The minimum absolute atomic E-state index is 0.0360. The molecule has 120 valence electrons. The van der Waals surface area contributed by atoms with Crippen molar-refractivity contribution < 1.29 is 14.3 Å². The van der Waals surface area contributed by atoms with Gasteiger partial charge in [-0.05, 0) is 36.6 Å². The maximum absolute atomic E-state index is 12.1. The molecular weight excluding hydrogens is 276 g/mol. The molecule has 3 nitrogen and oxygen atoms in total. The van der Waals surface area contributed by atoms with E-state index in [2.05, 4.69) is 13.8 Å². The first-order valence-corrected chi connectivity index (χ1v) is 8.22. The Hall–Kier alpha value is -1.77. The van der Waals surface area contributed by atoms with Gasteiger partial charge in [0.15, 0.2) is 0 Å². The van der Waals surface area contributed by atoms with Crippen molar-refractivity contribution in [2.24, 2.45) is 5.92 Å². The van der Waals surface area contributed by atoms with E-state index in [9.17, 15) is 4.79 Å². The number of hydrogen-bond acceptors (Lipinski definition) is 3. The van der Waals surface area contributed by atoms with Crippen LogP contribution >= 0.6 is 0 Å². The fraction of sp³-hybridized carbons (Fsp3) is 0.526. The van der Waals surface area contributed by atoms with Crippen LogP contribution in [0, 0.1) is 5.92 Å². The van der Waals surface area contributed by atoms with Crippen molar-refractivity contribution in [1.29, 1.82) is 0 Å². The van der Waals surface area contributed by atoms with Gasteiger partial charge >= 0.3 is 5.97 Å². The SMILES string of the molecule is CCCCCCC1OC(=O)C(=Cc2ccc(OC)cc2)C1C. The maximum atomic E-state index is 12.1. The predicted molar refractivity (Wildman–Crippen MR) is 88.8 cm³/mol. The van der Waals surface area contributed by atoms with Crippen molar-refractivity contribution >= 4 is 12.0 Å². The number of ether oxygens (including phenoxy) is 2. The summed E-state index contributed by atoms with van der Waals surface area (Å²) in [6.45, 7) is 4.29. The summed E-state index contributed by atoms with van der Waals surface area (Å²) >= 11 is 0. The standard InChI is InChI=1S/C19H26O3/c1-4-5-6-7-8-18-14(2)17(19(20)22-18)13-15-9-11-16(21-3)12-10-15/h9-14,18H,4-8H2,1-3H3. The largest absolute Gasteiger partial charge is 0.497 e. The average Bonchev–Trinajstić information content (AvgIpc) is 2.80. The third kappa shape index (κ3) is 4.12. The molecule has 0 bridgehead atoms. The van der Waals surface area contributed by atoms with Crippen LogP contribution in [0.4, 0.5) is 0 Å². The van der Waals surface area contributed by atoms with E-state index >= 15 is 0 Å². The molecular formula is C19H26O3. The van der Waals surface area contributed by atoms with E-state index in [0.717, 1.165) is 29.7 Å². The number of methoxy groups -OCH3 is 1. The average molecular weight is 302 g/mol. The number of rotatable bonds is 7. The van der Waals surface area contributed by atoms with Crippen molar-refractivity contribution in [1.82, 2.24) is 0 Å². The van der Waals surface area contributed by atoms with Gasteiger partial charge in [-0.1, -0.05) is 45.2 Å². The molecule has 3 heteroatoms. The van der Waals surface area contributed by atoms with Crippen LogP contribution in [0.1, 0.15) is 51.5 Å². The molecule has 1 fully saturated rings. The number of cyclic esters (lactones) is 1. The van der Waals surface area contributed by atoms with E-state index in [1.165, 1.54) is 19.3 Å². The number of unbranched alkanes of at least 4 members (excludes halogenated alkanes) is 3. The van der Waals surface area contributed by atoms with E-state index < -0.39 is 0 Å². The van der Waals surface area contributed by atoms with Gasteiger partial charge in [-0.25, -0.2) is 4.79 Å². The Balaban J connectivity index is 2.00. The van der Waals surface area contributed by atoms with E-state index in [4.69, 9.17) is 9.47 Å². The van der Waals surface area contributed by atoms with Crippen molar-refractivity contribution in [3.63, 3.8) is 0 Å². The molecule has 2 atom stereocenters. The summed E-state index contributed by atoms with van der Waals surface area (Å²) in [5, 5.41) is 0. The van der Waals surface area contributed by atoms with E-state index in [0.29, 0.717) is 0 Å². The van der Waals surface area contributed by atoms with Crippen molar-refractivity contribution in [3.8, 4) is 5.75 Å². The Morgan fingerprint density at radius 1 is 1.18 bits per heavy atom. The summed E-state index contributed by atoms with van der Waals surface area (Å²) in [5.41, 5.74) is 1.79. The normalized spacial score (nSPS) is 22.9. The summed E-state index contributed by atoms with van der Waals surface area (Å²) in [5.74, 6) is 0.818. The second kappa shape index (κ2) is 8.02. The van der Waals surface area contributed by atoms with Crippen molar-refractivity contribution in [2.45, 2.75) is 52.1 Å². The third-order valence-electron chi connectivity index (χ3n) is 4.32. The van der Waals surface area contributed by atoms with Gasteiger partial charge < -0.3 is 9.47 Å². The van der Waals surface area contributed by atoms with Gasteiger partial charge in [0.2, 0.25) is 0 Å². The number of carbonyl (C=O) groups excluding carboxylic acids is 1. The van der Waals surface area contributed by atoms with Crippen LogP contribution in [0.15, 0.2) is 29.8 Å². The fourth-order valence-electron chi connectivity index (χ4n) is 2.85. The highest BCUT2D eigenvalue weighted by Gasteiger charge is 2.35. The summed E-state index contributed by atoms with van der Waals surface area (Å²) in [6, 6.07) is 7.72. The van der Waals surface area contributed by atoms with Gasteiger partial charge in [-0.2, -0.15) is 0 Å². The van der Waals surface area contributed by atoms with Crippen LogP contribution in [-0.4, -0.2) is 19.2 Å². The summed E-state index contributed by atoms with van der Waals surface area (Å²) in [6.07, 6.45) is 7.77. The predicted octanol–water partition coefficient (Wildman–Crippen LogP) is 4.61. The zero-order chi connectivity index (χ0) is 15.9. The molecule has 1 saturated heterocycles. The van der Waals surface area contributed by atoms with E-state index in [1.807, 2.05) is 30.3 Å². The first-order valence-electron chi connectivity index (χ1n) is 8.22. The van der Waals surface area contributed by atoms with Gasteiger partial charge in [0, 0.05) is 11.5 Å². The summed E-state index contributed by atoms with van der Waals surface area (Å²) in [7, 11) is 1.65. The molecule has 0 radical (unpaired) electrons. The molecule has 2 unspecified atom stereocenters.